The van der Waals surface area contributed by atoms with E-state index in [1.165, 1.54) is 5.56 Å². The number of unbranched alkanes of at least 4 members (excludes halogenated alkanes) is 1. The molecule has 2 unspecified atom stereocenters. The van der Waals surface area contributed by atoms with Crippen molar-refractivity contribution in [2.75, 3.05) is 18.1 Å². The largest absolute Gasteiger partial charge is 0.309 e. The second kappa shape index (κ2) is 9.29. The molecule has 0 saturated heterocycles. The van der Waals surface area contributed by atoms with Crippen molar-refractivity contribution >= 4 is 10.8 Å². The molecule has 2 nitrogen and oxygen atoms in total. The second-order valence-corrected chi connectivity index (χ2v) is 6.20. The van der Waals surface area contributed by atoms with Crippen molar-refractivity contribution in [3.05, 3.63) is 35.9 Å². The van der Waals surface area contributed by atoms with Gasteiger partial charge in [-0.1, -0.05) is 50.6 Å². The van der Waals surface area contributed by atoms with Gasteiger partial charge in [-0.15, -0.1) is 0 Å². The van der Waals surface area contributed by atoms with Gasteiger partial charge in [0.1, 0.15) is 0 Å². The summed E-state index contributed by atoms with van der Waals surface area (Å²) in [6.07, 6.45) is 3.27. The van der Waals surface area contributed by atoms with E-state index in [0.29, 0.717) is 0 Å². The lowest BCUT2D eigenvalue weighted by Crippen LogP contribution is -2.27. The number of nitrogens with one attached hydrogen (secondary N) is 1. The van der Waals surface area contributed by atoms with Crippen LogP contribution in [0, 0.1) is 0 Å². The topological polar surface area (TPSA) is 29.1 Å². The van der Waals surface area contributed by atoms with E-state index in [-0.39, 0.29) is 6.04 Å². The summed E-state index contributed by atoms with van der Waals surface area (Å²) in [4.78, 5) is 0. The molecule has 0 amide bonds. The van der Waals surface area contributed by atoms with Crippen LogP contribution in [0.5, 0.6) is 0 Å². The summed E-state index contributed by atoms with van der Waals surface area (Å²) in [5.74, 6) is 1.55. The molecule has 0 saturated carbocycles. The average molecular weight is 267 g/mol. The van der Waals surface area contributed by atoms with Crippen molar-refractivity contribution in [3.8, 4) is 0 Å². The molecule has 1 aromatic carbocycles. The van der Waals surface area contributed by atoms with E-state index in [4.69, 9.17) is 0 Å². The third-order valence-corrected chi connectivity index (χ3v) is 4.37. The molecule has 0 radical (unpaired) electrons. The molecular weight excluding hydrogens is 242 g/mol. The summed E-state index contributed by atoms with van der Waals surface area (Å²) in [6, 6.07) is 10.6. The van der Waals surface area contributed by atoms with Gasteiger partial charge >= 0.3 is 0 Å². The second-order valence-electron chi connectivity index (χ2n) is 4.58. The lowest BCUT2D eigenvalue weighted by atomic mass is 10.1. The van der Waals surface area contributed by atoms with Crippen LogP contribution in [0.2, 0.25) is 0 Å². The van der Waals surface area contributed by atoms with E-state index >= 15 is 0 Å². The molecule has 102 valence electrons. The van der Waals surface area contributed by atoms with Crippen LogP contribution in [0.15, 0.2) is 30.3 Å². The highest BCUT2D eigenvalue weighted by molar-refractivity contribution is 7.85. The van der Waals surface area contributed by atoms with E-state index in [1.54, 1.807) is 0 Å². The van der Waals surface area contributed by atoms with E-state index in [0.717, 1.165) is 37.3 Å². The minimum atomic E-state index is -0.716. The lowest BCUT2D eigenvalue weighted by molar-refractivity contribution is 0.569. The van der Waals surface area contributed by atoms with Gasteiger partial charge in [0.05, 0.1) is 0 Å². The Morgan fingerprint density at radius 3 is 2.50 bits per heavy atom. The molecule has 1 aromatic rings. The Morgan fingerprint density at radius 1 is 1.17 bits per heavy atom. The maximum absolute atomic E-state index is 12.0. The van der Waals surface area contributed by atoms with Crippen LogP contribution in [0.1, 0.15) is 44.7 Å². The Bertz CT molecular complexity index is 340. The fourth-order valence-electron chi connectivity index (χ4n) is 1.85. The highest BCUT2D eigenvalue weighted by Crippen LogP contribution is 2.14. The highest BCUT2D eigenvalue weighted by atomic mass is 32.2. The molecule has 3 heteroatoms. The Labute approximate surface area is 114 Å². The molecule has 0 heterocycles. The Hall–Kier alpha value is -0.670. The van der Waals surface area contributed by atoms with Gasteiger partial charge in [0, 0.05) is 28.3 Å². The molecule has 0 aromatic heterocycles. The van der Waals surface area contributed by atoms with E-state index in [2.05, 4.69) is 31.3 Å². The van der Waals surface area contributed by atoms with Crippen LogP contribution in [0.25, 0.3) is 0 Å². The summed E-state index contributed by atoms with van der Waals surface area (Å²) in [5.41, 5.74) is 1.25. The first-order valence-electron chi connectivity index (χ1n) is 6.91. The maximum Gasteiger partial charge on any atom is 0.0436 e. The maximum atomic E-state index is 12.0. The molecule has 0 aliphatic rings. The third-order valence-electron chi connectivity index (χ3n) is 2.92. The standard InChI is InChI=1S/C15H25NOS/c1-3-5-12-18(17)13-15(16-11-4-2)14-9-7-6-8-10-14/h6-10,15-16H,3-5,11-13H2,1-2H3. The van der Waals surface area contributed by atoms with Crippen LogP contribution < -0.4 is 5.32 Å². The fourth-order valence-corrected chi connectivity index (χ4v) is 3.31. The van der Waals surface area contributed by atoms with Crippen molar-refractivity contribution in [1.82, 2.24) is 5.32 Å². The molecule has 0 aliphatic carbocycles. The molecular formula is C15H25NOS. The predicted octanol–water partition coefficient (Wildman–Crippen LogP) is 3.28. The van der Waals surface area contributed by atoms with Crippen molar-refractivity contribution in [1.29, 1.82) is 0 Å². The molecule has 0 spiro atoms. The van der Waals surface area contributed by atoms with Crippen LogP contribution in [0.4, 0.5) is 0 Å². The number of hydrogen-bond acceptors (Lipinski definition) is 2. The number of benzene rings is 1. The Balaban J connectivity index is 2.58. The van der Waals surface area contributed by atoms with Crippen LogP contribution in [-0.4, -0.2) is 22.3 Å². The Kier molecular flexibility index (Phi) is 7.94. The summed E-state index contributed by atoms with van der Waals surface area (Å²) in [6.45, 7) is 5.27. The van der Waals surface area contributed by atoms with Crippen molar-refractivity contribution < 1.29 is 4.21 Å². The lowest BCUT2D eigenvalue weighted by Gasteiger charge is -2.18. The zero-order valence-corrected chi connectivity index (χ0v) is 12.3. The number of hydrogen-bond donors (Lipinski definition) is 1. The SMILES string of the molecule is CCCCS(=O)CC(NCCC)c1ccccc1. The van der Waals surface area contributed by atoms with Gasteiger partial charge in [0.2, 0.25) is 0 Å². The first-order valence-corrected chi connectivity index (χ1v) is 8.40. The third kappa shape index (κ3) is 5.78. The highest BCUT2D eigenvalue weighted by Gasteiger charge is 2.13. The van der Waals surface area contributed by atoms with E-state index in [9.17, 15) is 4.21 Å². The predicted molar refractivity (Wildman–Crippen MR) is 80.3 cm³/mol. The quantitative estimate of drug-likeness (QED) is 0.744. The fraction of sp³-hybridized carbons (Fsp3) is 0.600. The van der Waals surface area contributed by atoms with Crippen molar-refractivity contribution in [3.63, 3.8) is 0 Å². The minimum absolute atomic E-state index is 0.226. The minimum Gasteiger partial charge on any atom is -0.309 e. The van der Waals surface area contributed by atoms with Crippen LogP contribution in [0.3, 0.4) is 0 Å². The van der Waals surface area contributed by atoms with Gasteiger partial charge in [0.25, 0.3) is 0 Å². The van der Waals surface area contributed by atoms with Gasteiger partial charge in [-0.3, -0.25) is 4.21 Å². The van der Waals surface area contributed by atoms with E-state index in [1.807, 2.05) is 18.2 Å². The monoisotopic (exact) mass is 267 g/mol. The van der Waals surface area contributed by atoms with Gasteiger partial charge < -0.3 is 5.32 Å². The van der Waals surface area contributed by atoms with Crippen molar-refractivity contribution in [2.45, 2.75) is 39.2 Å². The zero-order chi connectivity index (χ0) is 13.2. The molecule has 0 aliphatic heterocycles. The molecule has 0 bridgehead atoms. The van der Waals surface area contributed by atoms with Gasteiger partial charge in [-0.25, -0.2) is 0 Å². The van der Waals surface area contributed by atoms with Gasteiger partial charge in [-0.05, 0) is 24.9 Å². The first-order chi connectivity index (χ1) is 8.77. The Morgan fingerprint density at radius 2 is 1.89 bits per heavy atom. The van der Waals surface area contributed by atoms with Crippen LogP contribution in [-0.2, 0) is 10.8 Å². The average Bonchev–Trinajstić information content (AvgIpc) is 2.42. The zero-order valence-electron chi connectivity index (χ0n) is 11.5. The summed E-state index contributed by atoms with van der Waals surface area (Å²) < 4.78 is 12.0. The summed E-state index contributed by atoms with van der Waals surface area (Å²) in [7, 11) is -0.716. The van der Waals surface area contributed by atoms with Gasteiger partial charge in [0.15, 0.2) is 0 Å². The smallest absolute Gasteiger partial charge is 0.0436 e. The molecule has 18 heavy (non-hydrogen) atoms. The molecule has 0 fully saturated rings. The van der Waals surface area contributed by atoms with Gasteiger partial charge in [-0.2, -0.15) is 0 Å². The van der Waals surface area contributed by atoms with E-state index < -0.39 is 10.8 Å². The normalized spacial score (nSPS) is 14.3. The molecule has 1 N–H and O–H groups in total. The number of rotatable bonds is 9. The van der Waals surface area contributed by atoms with Crippen molar-refractivity contribution in [2.24, 2.45) is 0 Å². The molecule has 1 rings (SSSR count). The summed E-state index contributed by atoms with van der Waals surface area (Å²) >= 11 is 0. The molecule has 2 atom stereocenters. The summed E-state index contributed by atoms with van der Waals surface area (Å²) in [5, 5.41) is 3.50. The van der Waals surface area contributed by atoms with Crippen LogP contribution >= 0.6 is 0 Å². The first kappa shape index (κ1) is 15.4.